The second kappa shape index (κ2) is 11.0. The Labute approximate surface area is 260 Å². The van der Waals surface area contributed by atoms with E-state index in [9.17, 15) is 23.1 Å². The quantitative estimate of drug-likeness (QED) is 0.298. The highest BCUT2D eigenvalue weighted by Crippen LogP contribution is 2.77. The SMILES string of the molecule is CCNS(=O)(=O)O[C@@H]1CC[C@]2(C)[C@H]3CC[C@@H]4[C@H]5[C@H](C(C)C)CC[C@]5(C(=O)NCC(=O)O)CC[C@@]4(C)[C@]3(C)CC[C@H]2C1(C)C. The van der Waals surface area contributed by atoms with E-state index < -0.39 is 21.7 Å². The van der Waals surface area contributed by atoms with E-state index in [-0.39, 0.29) is 46.1 Å². The number of carbonyl (C=O) groups excluding carboxylic acids is 1. The molecule has 9 heteroatoms. The molecule has 1 amide bonds. The summed E-state index contributed by atoms with van der Waals surface area (Å²) < 4.78 is 33.6. The van der Waals surface area contributed by atoms with Crippen molar-refractivity contribution < 1.29 is 27.3 Å². The Morgan fingerprint density at radius 1 is 0.884 bits per heavy atom. The number of hydrogen-bond donors (Lipinski definition) is 3. The molecular weight excluding hydrogens is 564 g/mol. The molecule has 0 radical (unpaired) electrons. The molecule has 0 bridgehead atoms. The molecule has 3 N–H and O–H groups in total. The van der Waals surface area contributed by atoms with E-state index in [4.69, 9.17) is 4.18 Å². The average molecular weight is 623 g/mol. The van der Waals surface area contributed by atoms with Crippen LogP contribution in [0.3, 0.4) is 0 Å². The normalized spacial score (nSPS) is 45.4. The summed E-state index contributed by atoms with van der Waals surface area (Å²) in [5.74, 6) is 1.55. The fraction of sp³-hybridized carbons (Fsp3) is 0.941. The van der Waals surface area contributed by atoms with E-state index in [1.807, 2.05) is 0 Å². The summed E-state index contributed by atoms with van der Waals surface area (Å²) in [6.45, 7) is 18.5. The zero-order valence-corrected chi connectivity index (χ0v) is 28.7. The van der Waals surface area contributed by atoms with E-state index >= 15 is 0 Å². The van der Waals surface area contributed by atoms with Crippen LogP contribution in [0.1, 0.15) is 120 Å². The third-order valence-corrected chi connectivity index (χ3v) is 15.8. The lowest BCUT2D eigenvalue weighted by atomic mass is 9.32. The molecular formula is C34H58N2O6S. The molecule has 0 aromatic carbocycles. The van der Waals surface area contributed by atoms with Gasteiger partial charge in [-0.2, -0.15) is 13.1 Å². The topological polar surface area (TPSA) is 122 Å². The fourth-order valence-corrected chi connectivity index (χ4v) is 13.7. The van der Waals surface area contributed by atoms with Crippen molar-refractivity contribution in [3.63, 3.8) is 0 Å². The summed E-state index contributed by atoms with van der Waals surface area (Å²) in [5, 5.41) is 12.2. The van der Waals surface area contributed by atoms with Crippen molar-refractivity contribution in [2.75, 3.05) is 13.1 Å². The Morgan fingerprint density at radius 2 is 1.58 bits per heavy atom. The number of amides is 1. The van der Waals surface area contributed by atoms with Gasteiger partial charge in [0.15, 0.2) is 0 Å². The third kappa shape index (κ3) is 4.92. The molecule has 0 heterocycles. The minimum Gasteiger partial charge on any atom is -0.480 e. The van der Waals surface area contributed by atoms with Crippen LogP contribution >= 0.6 is 0 Å². The molecule has 0 spiro atoms. The first-order chi connectivity index (χ1) is 19.9. The lowest BCUT2D eigenvalue weighted by Gasteiger charge is -2.73. The summed E-state index contributed by atoms with van der Waals surface area (Å²) in [4.78, 5) is 25.2. The molecule has 0 aromatic heterocycles. The molecule has 5 aliphatic carbocycles. The van der Waals surface area contributed by atoms with E-state index in [0.717, 1.165) is 64.2 Å². The van der Waals surface area contributed by atoms with Crippen molar-refractivity contribution in [2.45, 2.75) is 126 Å². The maximum atomic E-state index is 13.9. The van der Waals surface area contributed by atoms with Gasteiger partial charge in [0.25, 0.3) is 0 Å². The van der Waals surface area contributed by atoms with Crippen molar-refractivity contribution in [2.24, 2.45) is 62.6 Å². The number of carbonyl (C=O) groups is 2. The highest BCUT2D eigenvalue weighted by molar-refractivity contribution is 7.84. The van der Waals surface area contributed by atoms with Crippen LogP contribution in [0.15, 0.2) is 0 Å². The second-order valence-corrected chi connectivity index (χ2v) is 18.2. The monoisotopic (exact) mass is 622 g/mol. The van der Waals surface area contributed by atoms with E-state index in [1.54, 1.807) is 6.92 Å². The minimum atomic E-state index is -3.78. The van der Waals surface area contributed by atoms with Gasteiger partial charge in [-0.15, -0.1) is 0 Å². The summed E-state index contributed by atoms with van der Waals surface area (Å²) >= 11 is 0. The van der Waals surface area contributed by atoms with Crippen LogP contribution in [0, 0.1) is 62.6 Å². The molecule has 43 heavy (non-hydrogen) atoms. The highest BCUT2D eigenvalue weighted by atomic mass is 32.2. The minimum absolute atomic E-state index is 0.0272. The zero-order chi connectivity index (χ0) is 31.8. The molecule has 5 saturated carbocycles. The van der Waals surface area contributed by atoms with Crippen LogP contribution in [-0.2, 0) is 24.1 Å². The largest absolute Gasteiger partial charge is 0.480 e. The first-order valence-electron chi connectivity index (χ1n) is 17.1. The van der Waals surface area contributed by atoms with E-state index in [2.05, 4.69) is 58.5 Å². The first kappa shape index (κ1) is 33.2. The smallest absolute Gasteiger partial charge is 0.336 e. The van der Waals surface area contributed by atoms with Gasteiger partial charge in [-0.1, -0.05) is 55.4 Å². The van der Waals surface area contributed by atoms with E-state index in [1.165, 1.54) is 0 Å². The van der Waals surface area contributed by atoms with Gasteiger partial charge in [-0.05, 0) is 121 Å². The first-order valence-corrected chi connectivity index (χ1v) is 18.5. The molecule has 0 saturated heterocycles. The maximum Gasteiger partial charge on any atom is 0.336 e. The lowest BCUT2D eigenvalue weighted by Crippen LogP contribution is -2.67. The Balaban J connectivity index is 1.47. The second-order valence-electron chi connectivity index (χ2n) is 16.8. The number of aliphatic carboxylic acids is 1. The number of carboxylic acid groups (broad SMARTS) is 1. The van der Waals surface area contributed by atoms with Crippen LogP contribution in [0.4, 0.5) is 0 Å². The van der Waals surface area contributed by atoms with Gasteiger partial charge in [0, 0.05) is 6.54 Å². The van der Waals surface area contributed by atoms with Crippen LogP contribution in [-0.4, -0.2) is 44.6 Å². The molecule has 0 aromatic rings. The van der Waals surface area contributed by atoms with Crippen molar-refractivity contribution in [1.29, 1.82) is 0 Å². The summed E-state index contributed by atoms with van der Waals surface area (Å²) in [6.07, 6.45) is 9.53. The van der Waals surface area contributed by atoms with Gasteiger partial charge in [0.05, 0.1) is 11.5 Å². The molecule has 5 fully saturated rings. The van der Waals surface area contributed by atoms with Crippen molar-refractivity contribution in [3.05, 3.63) is 0 Å². The Bertz CT molecular complexity index is 1220. The van der Waals surface area contributed by atoms with Gasteiger partial charge >= 0.3 is 16.3 Å². The predicted molar refractivity (Wildman–Crippen MR) is 167 cm³/mol. The average Bonchev–Trinajstić information content (AvgIpc) is 3.30. The number of carboxylic acids is 1. The van der Waals surface area contributed by atoms with Crippen molar-refractivity contribution >= 4 is 22.2 Å². The van der Waals surface area contributed by atoms with Crippen molar-refractivity contribution in [3.8, 4) is 0 Å². The van der Waals surface area contributed by atoms with Crippen LogP contribution in [0.25, 0.3) is 0 Å². The fourth-order valence-electron chi connectivity index (χ4n) is 12.6. The van der Waals surface area contributed by atoms with Crippen LogP contribution in [0.5, 0.6) is 0 Å². The molecule has 5 rings (SSSR count). The van der Waals surface area contributed by atoms with Crippen molar-refractivity contribution in [1.82, 2.24) is 10.0 Å². The summed E-state index contributed by atoms with van der Waals surface area (Å²) in [6, 6.07) is 0. The number of rotatable bonds is 8. The highest BCUT2D eigenvalue weighted by Gasteiger charge is 2.72. The predicted octanol–water partition coefficient (Wildman–Crippen LogP) is 6.16. The summed E-state index contributed by atoms with van der Waals surface area (Å²) in [7, 11) is -3.78. The van der Waals surface area contributed by atoms with Gasteiger partial charge < -0.3 is 10.4 Å². The zero-order valence-electron chi connectivity index (χ0n) is 27.9. The Morgan fingerprint density at radius 3 is 2.21 bits per heavy atom. The molecule has 8 nitrogen and oxygen atoms in total. The lowest BCUT2D eigenvalue weighted by molar-refractivity contribution is -0.246. The number of nitrogens with one attached hydrogen (secondary N) is 2. The Hall–Kier alpha value is -1.19. The Kier molecular flexibility index (Phi) is 8.46. The standard InChI is InChI=1S/C34H58N2O6S/c1-9-36-43(40,41)42-26-14-15-31(6)24(30(26,4)5)13-16-33(8)25(31)11-10-23-28-22(21(2)3)12-17-34(28,19-18-32(23,33)7)29(39)35-20-27(37)38/h21-26,28,36H,9-20H2,1-8H3,(H,35,39)(H,37,38)/t22-,23+,24-,25+,26+,28+,31-,32+,33+,34-/m0/s1. The van der Waals surface area contributed by atoms with Crippen LogP contribution in [0.2, 0.25) is 0 Å². The molecule has 5 aliphatic rings. The molecule has 246 valence electrons. The van der Waals surface area contributed by atoms with Crippen LogP contribution < -0.4 is 10.0 Å². The van der Waals surface area contributed by atoms with Gasteiger partial charge in [0.2, 0.25) is 5.91 Å². The third-order valence-electron chi connectivity index (χ3n) is 14.7. The molecule has 0 aliphatic heterocycles. The number of hydrogen-bond acceptors (Lipinski definition) is 5. The van der Waals surface area contributed by atoms with E-state index in [0.29, 0.717) is 36.1 Å². The number of fused-ring (bicyclic) bond motifs is 7. The van der Waals surface area contributed by atoms with Gasteiger partial charge in [-0.3, -0.25) is 13.8 Å². The van der Waals surface area contributed by atoms with Gasteiger partial charge in [-0.25, -0.2) is 0 Å². The maximum absolute atomic E-state index is 13.9. The summed E-state index contributed by atoms with van der Waals surface area (Å²) in [5.41, 5.74) is -0.434. The van der Waals surface area contributed by atoms with Gasteiger partial charge in [0.1, 0.15) is 6.54 Å². The molecule has 0 unspecified atom stereocenters. The molecule has 10 atom stereocenters.